The highest BCUT2D eigenvalue weighted by Gasteiger charge is 2.23. The standard InChI is InChI=1S/C28H25N5/c1-20-17-27(33-26-12-5-4-11-25(26)30-28(33)24(20)18-29)32-15-13-31(14-16-32)19-22-9-6-8-21-7-2-3-10-23(21)22/h2-12,17H,13-16,19H2,1H3. The molecule has 0 spiro atoms. The van der Waals surface area contributed by atoms with Crippen molar-refractivity contribution >= 4 is 33.3 Å². The van der Waals surface area contributed by atoms with Crippen LogP contribution in [0, 0.1) is 18.3 Å². The van der Waals surface area contributed by atoms with Crippen molar-refractivity contribution < 1.29 is 0 Å². The van der Waals surface area contributed by atoms with Crippen LogP contribution in [0.4, 0.5) is 5.82 Å². The van der Waals surface area contributed by atoms with Crippen molar-refractivity contribution in [2.45, 2.75) is 13.5 Å². The molecule has 0 radical (unpaired) electrons. The summed E-state index contributed by atoms with van der Waals surface area (Å²) in [5.74, 6) is 1.13. The largest absolute Gasteiger partial charge is 0.355 e. The Hall–Kier alpha value is -3.88. The Labute approximate surface area is 193 Å². The number of aromatic nitrogens is 2. The minimum absolute atomic E-state index is 0.657. The maximum Gasteiger partial charge on any atom is 0.157 e. The minimum atomic E-state index is 0.657. The quantitative estimate of drug-likeness (QED) is 0.397. The Morgan fingerprint density at radius 1 is 0.909 bits per heavy atom. The van der Waals surface area contributed by atoms with Gasteiger partial charge in [0.05, 0.1) is 16.6 Å². The second kappa shape index (κ2) is 7.91. The fourth-order valence-electron chi connectivity index (χ4n) is 5.11. The summed E-state index contributed by atoms with van der Waals surface area (Å²) in [7, 11) is 0. The molecule has 5 aromatic rings. The van der Waals surface area contributed by atoms with Gasteiger partial charge in [0.2, 0.25) is 0 Å². The van der Waals surface area contributed by atoms with Crippen LogP contribution in [-0.2, 0) is 6.54 Å². The Balaban J connectivity index is 1.31. The third kappa shape index (κ3) is 3.31. The normalized spacial score (nSPS) is 14.8. The van der Waals surface area contributed by atoms with E-state index in [0.717, 1.165) is 60.8 Å². The highest BCUT2D eigenvalue weighted by molar-refractivity contribution is 5.86. The Bertz CT molecular complexity index is 1530. The van der Waals surface area contributed by atoms with Crippen molar-refractivity contribution in [3.63, 3.8) is 0 Å². The number of hydrogen-bond acceptors (Lipinski definition) is 4. The van der Waals surface area contributed by atoms with Crippen molar-refractivity contribution in [3.8, 4) is 6.07 Å². The molecular weight excluding hydrogens is 406 g/mol. The number of rotatable bonds is 3. The lowest BCUT2D eigenvalue weighted by atomic mass is 10.0. The number of aryl methyl sites for hydroxylation is 1. The van der Waals surface area contributed by atoms with E-state index in [9.17, 15) is 5.26 Å². The smallest absolute Gasteiger partial charge is 0.157 e. The van der Waals surface area contributed by atoms with Crippen LogP contribution in [-0.4, -0.2) is 40.5 Å². The molecule has 0 amide bonds. The number of pyridine rings is 1. The zero-order valence-corrected chi connectivity index (χ0v) is 18.7. The number of hydrogen-bond donors (Lipinski definition) is 0. The molecule has 0 aliphatic carbocycles. The van der Waals surface area contributed by atoms with Gasteiger partial charge in [-0.3, -0.25) is 9.30 Å². The molecule has 1 saturated heterocycles. The average molecular weight is 432 g/mol. The second-order valence-corrected chi connectivity index (χ2v) is 8.83. The lowest BCUT2D eigenvalue weighted by Gasteiger charge is -2.36. The fraction of sp³-hybridized carbons (Fsp3) is 0.214. The van der Waals surface area contributed by atoms with E-state index in [-0.39, 0.29) is 0 Å². The summed E-state index contributed by atoms with van der Waals surface area (Å²) < 4.78 is 2.17. The van der Waals surface area contributed by atoms with Gasteiger partial charge in [0.15, 0.2) is 5.65 Å². The molecule has 33 heavy (non-hydrogen) atoms. The topological polar surface area (TPSA) is 47.6 Å². The van der Waals surface area contributed by atoms with Gasteiger partial charge in [0.25, 0.3) is 0 Å². The molecule has 0 saturated carbocycles. The molecule has 3 aromatic carbocycles. The number of piperazine rings is 1. The fourth-order valence-corrected chi connectivity index (χ4v) is 5.11. The zero-order chi connectivity index (χ0) is 22.4. The molecule has 1 aliphatic rings. The number of nitriles is 1. The summed E-state index contributed by atoms with van der Waals surface area (Å²) in [6.07, 6.45) is 0. The molecule has 5 nitrogen and oxygen atoms in total. The van der Waals surface area contributed by atoms with Gasteiger partial charge < -0.3 is 4.90 Å². The molecule has 1 aliphatic heterocycles. The van der Waals surface area contributed by atoms with E-state index in [2.05, 4.69) is 74.9 Å². The highest BCUT2D eigenvalue weighted by atomic mass is 15.3. The van der Waals surface area contributed by atoms with Crippen molar-refractivity contribution in [1.82, 2.24) is 14.3 Å². The molecule has 1 fully saturated rings. The van der Waals surface area contributed by atoms with Crippen LogP contribution in [0.15, 0.2) is 72.8 Å². The summed E-state index contributed by atoms with van der Waals surface area (Å²) in [4.78, 5) is 9.78. The molecule has 0 unspecified atom stereocenters. The van der Waals surface area contributed by atoms with E-state index in [1.54, 1.807) is 0 Å². The van der Waals surface area contributed by atoms with E-state index < -0.39 is 0 Å². The Morgan fingerprint density at radius 2 is 1.67 bits per heavy atom. The van der Waals surface area contributed by atoms with Gasteiger partial charge in [-0.05, 0) is 47.0 Å². The maximum atomic E-state index is 9.77. The monoisotopic (exact) mass is 431 g/mol. The number of imidazole rings is 1. The zero-order valence-electron chi connectivity index (χ0n) is 18.7. The predicted molar refractivity (Wildman–Crippen MR) is 134 cm³/mol. The third-order valence-electron chi connectivity index (χ3n) is 6.84. The first-order chi connectivity index (χ1) is 16.2. The first-order valence-electron chi connectivity index (χ1n) is 11.5. The third-order valence-corrected chi connectivity index (χ3v) is 6.84. The molecule has 0 N–H and O–H groups in total. The molecule has 3 heterocycles. The van der Waals surface area contributed by atoms with Crippen molar-refractivity contribution in [2.24, 2.45) is 0 Å². The molecule has 6 rings (SSSR count). The lowest BCUT2D eigenvalue weighted by molar-refractivity contribution is 0.250. The van der Waals surface area contributed by atoms with E-state index in [1.165, 1.54) is 16.3 Å². The van der Waals surface area contributed by atoms with E-state index in [0.29, 0.717) is 5.56 Å². The van der Waals surface area contributed by atoms with Gasteiger partial charge in [-0.15, -0.1) is 0 Å². The number of nitrogens with zero attached hydrogens (tertiary/aromatic N) is 5. The summed E-state index contributed by atoms with van der Waals surface area (Å²) in [5, 5.41) is 12.4. The van der Waals surface area contributed by atoms with Crippen molar-refractivity contribution in [3.05, 3.63) is 89.5 Å². The van der Waals surface area contributed by atoms with Crippen molar-refractivity contribution in [2.75, 3.05) is 31.1 Å². The van der Waals surface area contributed by atoms with Crippen LogP contribution >= 0.6 is 0 Å². The van der Waals surface area contributed by atoms with Crippen LogP contribution in [0.1, 0.15) is 16.7 Å². The first kappa shape index (κ1) is 19.8. The first-order valence-corrected chi connectivity index (χ1v) is 11.5. The van der Waals surface area contributed by atoms with Gasteiger partial charge in [0.1, 0.15) is 11.9 Å². The number of fused-ring (bicyclic) bond motifs is 4. The van der Waals surface area contributed by atoms with Crippen molar-refractivity contribution in [1.29, 1.82) is 5.26 Å². The minimum Gasteiger partial charge on any atom is -0.355 e. The maximum absolute atomic E-state index is 9.77. The Morgan fingerprint density at radius 3 is 2.52 bits per heavy atom. The van der Waals surface area contributed by atoms with Gasteiger partial charge in [0, 0.05) is 32.7 Å². The molecule has 0 atom stereocenters. The SMILES string of the molecule is Cc1cc(N2CCN(Cc3cccc4ccccc34)CC2)n2c(nc3ccccc32)c1C#N. The molecular formula is C28H25N5. The predicted octanol–water partition coefficient (Wildman–Crippen LogP) is 5.14. The van der Waals surface area contributed by atoms with E-state index in [1.807, 2.05) is 25.1 Å². The molecule has 162 valence electrons. The van der Waals surface area contributed by atoms with Gasteiger partial charge in [-0.25, -0.2) is 4.98 Å². The highest BCUT2D eigenvalue weighted by Crippen LogP contribution is 2.29. The number of anilines is 1. The average Bonchev–Trinajstić information content (AvgIpc) is 3.24. The van der Waals surface area contributed by atoms with Crippen LogP contribution < -0.4 is 4.90 Å². The van der Waals surface area contributed by atoms with E-state index in [4.69, 9.17) is 4.98 Å². The number of benzene rings is 3. The summed E-state index contributed by atoms with van der Waals surface area (Å²) >= 11 is 0. The molecule has 0 bridgehead atoms. The number of para-hydroxylation sites is 2. The van der Waals surface area contributed by atoms with Crippen LogP contribution in [0.3, 0.4) is 0 Å². The Kier molecular flexibility index (Phi) is 4.74. The summed E-state index contributed by atoms with van der Waals surface area (Å²) in [6.45, 7) is 6.85. The van der Waals surface area contributed by atoms with E-state index >= 15 is 0 Å². The molecule has 2 aromatic heterocycles. The van der Waals surface area contributed by atoms with Gasteiger partial charge >= 0.3 is 0 Å². The molecule has 5 heteroatoms. The lowest BCUT2D eigenvalue weighted by Crippen LogP contribution is -2.46. The van der Waals surface area contributed by atoms with Crippen LogP contribution in [0.2, 0.25) is 0 Å². The van der Waals surface area contributed by atoms with Gasteiger partial charge in [-0.1, -0.05) is 54.6 Å². The van der Waals surface area contributed by atoms with Gasteiger partial charge in [-0.2, -0.15) is 5.26 Å². The van der Waals surface area contributed by atoms with Crippen LogP contribution in [0.5, 0.6) is 0 Å². The van der Waals surface area contributed by atoms with Crippen LogP contribution in [0.25, 0.3) is 27.5 Å². The second-order valence-electron chi connectivity index (χ2n) is 8.83. The summed E-state index contributed by atoms with van der Waals surface area (Å²) in [5.41, 5.74) is 5.76. The summed E-state index contributed by atoms with van der Waals surface area (Å²) in [6, 6.07) is 27.9.